The van der Waals surface area contributed by atoms with E-state index in [4.69, 9.17) is 4.42 Å². The third kappa shape index (κ3) is 3.29. The molecule has 0 radical (unpaired) electrons. The number of hydrogen-bond acceptors (Lipinski definition) is 6. The Kier molecular flexibility index (Phi) is 4.59. The van der Waals surface area contributed by atoms with Crippen LogP contribution < -0.4 is 5.56 Å². The Hall–Kier alpha value is -3.11. The average Bonchev–Trinajstić information content (AvgIpc) is 3.14. The van der Waals surface area contributed by atoms with Gasteiger partial charge in [0.2, 0.25) is 5.78 Å². The van der Waals surface area contributed by atoms with Crippen LogP contribution >= 0.6 is 11.8 Å². The zero-order chi connectivity index (χ0) is 16.9. The summed E-state index contributed by atoms with van der Waals surface area (Å²) >= 11 is 1.08. The minimum absolute atomic E-state index is 0.0529. The van der Waals surface area contributed by atoms with Crippen LogP contribution in [0.15, 0.2) is 63.1 Å². The second kappa shape index (κ2) is 6.98. The first-order chi connectivity index (χ1) is 11.7. The van der Waals surface area contributed by atoms with E-state index >= 15 is 0 Å². The number of ketones is 1. The molecule has 2 heterocycles. The molecule has 0 bridgehead atoms. The average molecular weight is 337 g/mol. The highest BCUT2D eigenvalue weighted by Gasteiger charge is 2.15. The van der Waals surface area contributed by atoms with Crippen LogP contribution in [0.2, 0.25) is 0 Å². The molecule has 0 aliphatic heterocycles. The molecule has 0 spiro atoms. The van der Waals surface area contributed by atoms with Crippen molar-refractivity contribution in [3.8, 4) is 17.3 Å². The summed E-state index contributed by atoms with van der Waals surface area (Å²) in [6.07, 6.45) is 1.42. The van der Waals surface area contributed by atoms with Crippen molar-refractivity contribution in [2.75, 3.05) is 5.75 Å². The third-order valence-electron chi connectivity index (χ3n) is 3.19. The number of H-pyrrole nitrogens is 1. The lowest BCUT2D eigenvalue weighted by Crippen LogP contribution is -2.15. The summed E-state index contributed by atoms with van der Waals surface area (Å²) in [5.41, 5.74) is 0.386. The van der Waals surface area contributed by atoms with Gasteiger partial charge in [-0.15, -0.1) is 0 Å². The standard InChI is InChI=1S/C17H11N3O3S/c18-9-12-15(11-5-2-1-3-6-11)19-17(20-16(12)22)24-10-13(21)14-7-4-8-23-14/h1-8H,10H2,(H,19,20,22). The first-order valence-electron chi connectivity index (χ1n) is 6.98. The van der Waals surface area contributed by atoms with E-state index in [1.165, 1.54) is 6.26 Å². The highest BCUT2D eigenvalue weighted by Crippen LogP contribution is 2.22. The Morgan fingerprint density at radius 3 is 2.71 bits per heavy atom. The number of Topliss-reactive ketones (excluding diaryl/α,β-unsaturated/α-hetero) is 1. The molecule has 0 fully saturated rings. The van der Waals surface area contributed by atoms with E-state index in [0.29, 0.717) is 11.3 Å². The molecule has 2 aromatic heterocycles. The lowest BCUT2D eigenvalue weighted by atomic mass is 10.1. The maximum atomic E-state index is 12.1. The molecule has 0 unspecified atom stereocenters. The lowest BCUT2D eigenvalue weighted by Gasteiger charge is -2.05. The van der Waals surface area contributed by atoms with Gasteiger partial charge in [0.25, 0.3) is 5.56 Å². The van der Waals surface area contributed by atoms with Crippen molar-refractivity contribution in [2.45, 2.75) is 5.16 Å². The van der Waals surface area contributed by atoms with Crippen molar-refractivity contribution in [3.63, 3.8) is 0 Å². The topological polar surface area (TPSA) is 99.8 Å². The summed E-state index contributed by atoms with van der Waals surface area (Å²) in [5.74, 6) is 0.108. The molecule has 0 saturated carbocycles. The van der Waals surface area contributed by atoms with E-state index in [2.05, 4.69) is 9.97 Å². The van der Waals surface area contributed by atoms with Crippen LogP contribution in [0.3, 0.4) is 0 Å². The van der Waals surface area contributed by atoms with E-state index in [-0.39, 0.29) is 28.0 Å². The molecule has 118 valence electrons. The van der Waals surface area contributed by atoms with E-state index < -0.39 is 5.56 Å². The number of benzene rings is 1. The van der Waals surface area contributed by atoms with Crippen LogP contribution in [0.25, 0.3) is 11.3 Å². The second-order valence-electron chi connectivity index (χ2n) is 4.76. The van der Waals surface area contributed by atoms with E-state index in [9.17, 15) is 14.9 Å². The number of rotatable bonds is 5. The van der Waals surface area contributed by atoms with E-state index in [1.54, 1.807) is 36.4 Å². The van der Waals surface area contributed by atoms with Crippen LogP contribution in [-0.4, -0.2) is 21.5 Å². The molecular formula is C17H11N3O3S. The normalized spacial score (nSPS) is 10.3. The summed E-state index contributed by atoms with van der Waals surface area (Å²) in [6, 6.07) is 14.1. The number of nitriles is 1. The van der Waals surface area contributed by atoms with Crippen molar-refractivity contribution in [2.24, 2.45) is 0 Å². The van der Waals surface area contributed by atoms with Crippen LogP contribution in [0.4, 0.5) is 0 Å². The van der Waals surface area contributed by atoms with Crippen molar-refractivity contribution in [1.29, 1.82) is 5.26 Å². The smallest absolute Gasteiger partial charge is 0.270 e. The molecule has 6 nitrogen and oxygen atoms in total. The van der Waals surface area contributed by atoms with Gasteiger partial charge in [0.05, 0.1) is 17.7 Å². The predicted octanol–water partition coefficient (Wildman–Crippen LogP) is 2.88. The molecule has 3 rings (SSSR count). The number of nitrogens with zero attached hydrogens (tertiary/aromatic N) is 2. The largest absolute Gasteiger partial charge is 0.461 e. The summed E-state index contributed by atoms with van der Waals surface area (Å²) in [4.78, 5) is 30.9. The van der Waals surface area contributed by atoms with Gasteiger partial charge in [-0.25, -0.2) is 4.98 Å². The zero-order valence-electron chi connectivity index (χ0n) is 12.4. The monoisotopic (exact) mass is 337 g/mol. The quantitative estimate of drug-likeness (QED) is 0.436. The molecule has 0 atom stereocenters. The van der Waals surface area contributed by atoms with Gasteiger partial charge in [0.1, 0.15) is 11.6 Å². The van der Waals surface area contributed by atoms with E-state index in [1.807, 2.05) is 12.1 Å². The van der Waals surface area contributed by atoms with Gasteiger partial charge in [0.15, 0.2) is 10.9 Å². The van der Waals surface area contributed by atoms with Crippen LogP contribution in [0.5, 0.6) is 0 Å². The minimum atomic E-state index is -0.528. The van der Waals surface area contributed by atoms with Crippen molar-refractivity contribution < 1.29 is 9.21 Å². The third-order valence-corrected chi connectivity index (χ3v) is 4.07. The first-order valence-corrected chi connectivity index (χ1v) is 7.97. The highest BCUT2D eigenvalue weighted by atomic mass is 32.2. The summed E-state index contributed by atoms with van der Waals surface area (Å²) in [5, 5.41) is 9.49. The number of hydrogen-bond donors (Lipinski definition) is 1. The van der Waals surface area contributed by atoms with Crippen molar-refractivity contribution in [1.82, 2.24) is 9.97 Å². The SMILES string of the molecule is N#Cc1c(-c2ccccc2)nc(SCC(=O)c2ccco2)[nH]c1=O. The Labute approximate surface area is 141 Å². The molecule has 1 aromatic carbocycles. The summed E-state index contributed by atoms with van der Waals surface area (Å²) in [7, 11) is 0. The fourth-order valence-corrected chi connectivity index (χ4v) is 2.80. The molecule has 0 aliphatic carbocycles. The number of carbonyl (C=O) groups excluding carboxylic acids is 1. The van der Waals surface area contributed by atoms with Crippen LogP contribution in [-0.2, 0) is 0 Å². The first kappa shape index (κ1) is 15.8. The molecular weight excluding hydrogens is 326 g/mol. The summed E-state index contributed by atoms with van der Waals surface area (Å²) in [6.45, 7) is 0. The summed E-state index contributed by atoms with van der Waals surface area (Å²) < 4.78 is 5.04. The molecule has 0 saturated heterocycles. The maximum Gasteiger partial charge on any atom is 0.270 e. The molecule has 0 aliphatic rings. The van der Waals surface area contributed by atoms with Crippen molar-refractivity contribution in [3.05, 3.63) is 70.4 Å². The van der Waals surface area contributed by atoms with Gasteiger partial charge in [-0.1, -0.05) is 42.1 Å². The van der Waals surface area contributed by atoms with Gasteiger partial charge in [0, 0.05) is 5.56 Å². The van der Waals surface area contributed by atoms with E-state index in [0.717, 1.165) is 11.8 Å². The fourth-order valence-electron chi connectivity index (χ4n) is 2.07. The molecule has 3 aromatic rings. The number of nitrogens with one attached hydrogen (secondary N) is 1. The molecule has 1 N–H and O–H groups in total. The molecule has 0 amide bonds. The number of furan rings is 1. The van der Waals surface area contributed by atoms with Crippen LogP contribution in [0.1, 0.15) is 16.1 Å². The van der Waals surface area contributed by atoms with Gasteiger partial charge in [-0.05, 0) is 12.1 Å². The molecule has 24 heavy (non-hydrogen) atoms. The fraction of sp³-hybridized carbons (Fsp3) is 0.0588. The number of thioether (sulfide) groups is 1. The Morgan fingerprint density at radius 2 is 2.04 bits per heavy atom. The van der Waals surface area contributed by atoms with Gasteiger partial charge in [-0.3, -0.25) is 9.59 Å². The Morgan fingerprint density at radius 1 is 1.25 bits per heavy atom. The number of carbonyl (C=O) groups is 1. The van der Waals surface area contributed by atoms with Gasteiger partial charge >= 0.3 is 0 Å². The lowest BCUT2D eigenvalue weighted by molar-refractivity contribution is 0.0992. The predicted molar refractivity (Wildman–Crippen MR) is 88.8 cm³/mol. The molecule has 7 heteroatoms. The highest BCUT2D eigenvalue weighted by molar-refractivity contribution is 7.99. The van der Waals surface area contributed by atoms with Crippen molar-refractivity contribution >= 4 is 17.5 Å². The minimum Gasteiger partial charge on any atom is -0.461 e. The maximum absolute atomic E-state index is 12.1. The Bertz CT molecular complexity index is 957. The zero-order valence-corrected chi connectivity index (χ0v) is 13.2. The number of aromatic amines is 1. The second-order valence-corrected chi connectivity index (χ2v) is 5.73. The van der Waals surface area contributed by atoms with Crippen LogP contribution in [0, 0.1) is 11.3 Å². The Balaban J connectivity index is 1.90. The van der Waals surface area contributed by atoms with Gasteiger partial charge in [-0.2, -0.15) is 5.26 Å². The van der Waals surface area contributed by atoms with Gasteiger partial charge < -0.3 is 9.40 Å². The number of aromatic nitrogens is 2.